The van der Waals surface area contributed by atoms with Crippen LogP contribution in [0.3, 0.4) is 0 Å². The van der Waals surface area contributed by atoms with Crippen molar-refractivity contribution in [2.24, 2.45) is 17.8 Å². The first-order valence-corrected chi connectivity index (χ1v) is 9.57. The Labute approximate surface area is 130 Å². The van der Waals surface area contributed by atoms with Crippen LogP contribution in [-0.4, -0.2) is 0 Å². The van der Waals surface area contributed by atoms with E-state index in [1.54, 1.807) is 0 Å². The maximum Gasteiger partial charge on any atom is -0.0417 e. The summed E-state index contributed by atoms with van der Waals surface area (Å²) in [6.07, 6.45) is 17.3. The van der Waals surface area contributed by atoms with Crippen LogP contribution in [0.2, 0.25) is 0 Å². The van der Waals surface area contributed by atoms with E-state index < -0.39 is 0 Å². The fraction of sp³-hybridized carbons (Fsp3) is 1.00. The molecule has 0 saturated carbocycles. The van der Waals surface area contributed by atoms with E-state index in [4.69, 9.17) is 0 Å². The summed E-state index contributed by atoms with van der Waals surface area (Å²) in [6, 6.07) is 0. The Kier molecular flexibility index (Phi) is 14.0. The van der Waals surface area contributed by atoms with Gasteiger partial charge in [0.25, 0.3) is 0 Å². The summed E-state index contributed by atoms with van der Waals surface area (Å²) in [5, 5.41) is 0. The predicted octanol–water partition coefficient (Wildman–Crippen LogP) is 7.62. The molecule has 0 saturated heterocycles. The van der Waals surface area contributed by atoms with Crippen molar-refractivity contribution in [1.82, 2.24) is 0 Å². The Hall–Kier alpha value is 0. The van der Waals surface area contributed by atoms with E-state index in [2.05, 4.69) is 34.6 Å². The monoisotopic (exact) mass is 282 g/mol. The van der Waals surface area contributed by atoms with Crippen LogP contribution < -0.4 is 0 Å². The van der Waals surface area contributed by atoms with Gasteiger partial charge in [0.05, 0.1) is 0 Å². The van der Waals surface area contributed by atoms with Crippen molar-refractivity contribution in [3.8, 4) is 0 Å². The first-order valence-electron chi connectivity index (χ1n) is 9.57. The Bertz CT molecular complexity index is 182. The average Bonchev–Trinajstić information content (AvgIpc) is 2.41. The van der Waals surface area contributed by atoms with Gasteiger partial charge in [-0.05, 0) is 17.8 Å². The molecule has 2 atom stereocenters. The molecular weight excluding hydrogens is 240 g/mol. The highest BCUT2D eigenvalue weighted by Gasteiger charge is 2.11. The predicted molar refractivity (Wildman–Crippen MR) is 94.2 cm³/mol. The quantitative estimate of drug-likeness (QED) is 0.287. The second kappa shape index (κ2) is 14.0. The third kappa shape index (κ3) is 13.0. The summed E-state index contributed by atoms with van der Waals surface area (Å²) in [6.45, 7) is 11.9. The van der Waals surface area contributed by atoms with E-state index in [1.165, 1.54) is 77.0 Å². The lowest BCUT2D eigenvalue weighted by atomic mass is 9.87. The topological polar surface area (TPSA) is 0 Å². The highest BCUT2D eigenvalue weighted by molar-refractivity contribution is 4.63. The van der Waals surface area contributed by atoms with Crippen LogP contribution in [0.25, 0.3) is 0 Å². The van der Waals surface area contributed by atoms with Crippen LogP contribution >= 0.6 is 0 Å². The number of hydrogen-bond donors (Lipinski definition) is 0. The summed E-state index contributed by atoms with van der Waals surface area (Å²) < 4.78 is 0. The third-order valence-electron chi connectivity index (χ3n) is 4.93. The third-order valence-corrected chi connectivity index (χ3v) is 4.93. The largest absolute Gasteiger partial charge is 0.0654 e. The van der Waals surface area contributed by atoms with Crippen LogP contribution in [0.1, 0.15) is 112 Å². The molecule has 0 heteroatoms. The standard InChI is InChI=1S/C20H42/c1-6-7-12-16-19(4)20(5)17-14-11-9-8-10-13-15-18(2)3/h18-20H,6-17H2,1-5H3. The molecule has 0 fully saturated rings. The molecule has 0 aromatic rings. The van der Waals surface area contributed by atoms with Crippen molar-refractivity contribution in [3.05, 3.63) is 0 Å². The molecule has 0 amide bonds. The van der Waals surface area contributed by atoms with Gasteiger partial charge in [0, 0.05) is 0 Å². The Morgan fingerprint density at radius 1 is 0.500 bits per heavy atom. The second-order valence-corrected chi connectivity index (χ2v) is 7.54. The summed E-state index contributed by atoms with van der Waals surface area (Å²) >= 11 is 0. The van der Waals surface area contributed by atoms with Gasteiger partial charge in [0.1, 0.15) is 0 Å². The van der Waals surface area contributed by atoms with Crippen LogP contribution in [0.15, 0.2) is 0 Å². The molecule has 20 heavy (non-hydrogen) atoms. The van der Waals surface area contributed by atoms with Crippen LogP contribution in [0.5, 0.6) is 0 Å². The van der Waals surface area contributed by atoms with E-state index in [9.17, 15) is 0 Å². The lowest BCUT2D eigenvalue weighted by Crippen LogP contribution is -2.08. The van der Waals surface area contributed by atoms with Crippen molar-refractivity contribution < 1.29 is 0 Å². The Balaban J connectivity index is 3.32. The summed E-state index contributed by atoms with van der Waals surface area (Å²) in [4.78, 5) is 0. The molecule has 0 spiro atoms. The molecule has 0 aliphatic rings. The molecule has 0 aromatic carbocycles. The smallest absolute Gasteiger partial charge is 0.0417 e. The first-order chi connectivity index (χ1) is 9.57. The van der Waals surface area contributed by atoms with E-state index in [-0.39, 0.29) is 0 Å². The molecule has 0 N–H and O–H groups in total. The number of hydrogen-bond acceptors (Lipinski definition) is 0. The van der Waals surface area contributed by atoms with Crippen molar-refractivity contribution in [2.45, 2.75) is 112 Å². The van der Waals surface area contributed by atoms with Gasteiger partial charge in [-0.2, -0.15) is 0 Å². The minimum absolute atomic E-state index is 0.894. The zero-order valence-electron chi connectivity index (χ0n) is 15.2. The van der Waals surface area contributed by atoms with Gasteiger partial charge in [-0.1, -0.05) is 112 Å². The first kappa shape index (κ1) is 20.0. The Morgan fingerprint density at radius 2 is 0.900 bits per heavy atom. The molecular formula is C20H42. The summed E-state index contributed by atoms with van der Waals surface area (Å²) in [7, 11) is 0. The minimum Gasteiger partial charge on any atom is -0.0654 e. The van der Waals surface area contributed by atoms with Crippen LogP contribution in [0.4, 0.5) is 0 Å². The molecule has 122 valence electrons. The highest BCUT2D eigenvalue weighted by atomic mass is 14.2. The highest BCUT2D eigenvalue weighted by Crippen LogP contribution is 2.23. The SMILES string of the molecule is CCCCCC(C)C(C)CCCCCCCCC(C)C. The fourth-order valence-electron chi connectivity index (χ4n) is 3.01. The fourth-order valence-corrected chi connectivity index (χ4v) is 3.01. The van der Waals surface area contributed by atoms with Crippen molar-refractivity contribution >= 4 is 0 Å². The van der Waals surface area contributed by atoms with E-state index in [1.807, 2.05) is 0 Å². The lowest BCUT2D eigenvalue weighted by Gasteiger charge is -2.19. The molecule has 0 aliphatic heterocycles. The molecule has 0 rings (SSSR count). The molecule has 0 nitrogen and oxygen atoms in total. The average molecular weight is 283 g/mol. The maximum atomic E-state index is 2.47. The van der Waals surface area contributed by atoms with Gasteiger partial charge >= 0.3 is 0 Å². The van der Waals surface area contributed by atoms with E-state index in [0.717, 1.165) is 17.8 Å². The lowest BCUT2D eigenvalue weighted by molar-refractivity contribution is 0.323. The zero-order chi connectivity index (χ0) is 15.2. The number of rotatable bonds is 14. The van der Waals surface area contributed by atoms with E-state index >= 15 is 0 Å². The minimum atomic E-state index is 0.894. The van der Waals surface area contributed by atoms with E-state index in [0.29, 0.717) is 0 Å². The molecule has 0 bridgehead atoms. The van der Waals surface area contributed by atoms with Gasteiger partial charge in [0.15, 0.2) is 0 Å². The van der Waals surface area contributed by atoms with Crippen LogP contribution in [0, 0.1) is 17.8 Å². The number of unbranched alkanes of at least 4 members (excludes halogenated alkanes) is 7. The molecule has 0 aliphatic carbocycles. The van der Waals surface area contributed by atoms with Crippen molar-refractivity contribution in [1.29, 1.82) is 0 Å². The van der Waals surface area contributed by atoms with Crippen molar-refractivity contribution in [3.63, 3.8) is 0 Å². The van der Waals surface area contributed by atoms with Gasteiger partial charge in [-0.15, -0.1) is 0 Å². The summed E-state index contributed by atoms with van der Waals surface area (Å²) in [5.41, 5.74) is 0. The van der Waals surface area contributed by atoms with Crippen molar-refractivity contribution in [2.75, 3.05) is 0 Å². The maximum absolute atomic E-state index is 2.47. The van der Waals surface area contributed by atoms with Crippen LogP contribution in [-0.2, 0) is 0 Å². The van der Waals surface area contributed by atoms with Gasteiger partial charge < -0.3 is 0 Å². The molecule has 0 aromatic heterocycles. The van der Waals surface area contributed by atoms with Gasteiger partial charge in [0.2, 0.25) is 0 Å². The molecule has 0 radical (unpaired) electrons. The van der Waals surface area contributed by atoms with Gasteiger partial charge in [-0.3, -0.25) is 0 Å². The second-order valence-electron chi connectivity index (χ2n) is 7.54. The van der Waals surface area contributed by atoms with Gasteiger partial charge in [-0.25, -0.2) is 0 Å². The zero-order valence-corrected chi connectivity index (χ0v) is 15.2. The molecule has 0 heterocycles. The normalized spacial score (nSPS) is 14.7. The molecule has 2 unspecified atom stereocenters. The Morgan fingerprint density at radius 3 is 1.35 bits per heavy atom. The summed E-state index contributed by atoms with van der Waals surface area (Å²) in [5.74, 6) is 2.77.